The van der Waals surface area contributed by atoms with Crippen LogP contribution in [0.4, 0.5) is 0 Å². The number of hydrogen-bond acceptors (Lipinski definition) is 5. The largest absolute Gasteiger partial charge is 0.489 e. The molecular weight excluding hydrogens is 623 g/mol. The Morgan fingerprint density at radius 1 is 0.957 bits per heavy atom. The van der Waals surface area contributed by atoms with Gasteiger partial charge in [-0.15, -0.1) is 12.4 Å². The highest BCUT2D eigenvalue weighted by molar-refractivity contribution is 6.30. The molecule has 0 unspecified atom stereocenters. The lowest BCUT2D eigenvalue weighted by Crippen LogP contribution is -2.30. The van der Waals surface area contributed by atoms with Gasteiger partial charge in [-0.05, 0) is 98.0 Å². The van der Waals surface area contributed by atoms with Crippen LogP contribution in [0, 0.1) is 0 Å². The summed E-state index contributed by atoms with van der Waals surface area (Å²) < 4.78 is 8.45. The topological polar surface area (TPSA) is 106 Å². The third kappa shape index (κ3) is 7.19. The van der Waals surface area contributed by atoms with Crippen molar-refractivity contribution in [3.8, 4) is 28.3 Å². The first kappa shape index (κ1) is 33.0. The zero-order valence-electron chi connectivity index (χ0n) is 25.7. The Hall–Kier alpha value is -4.40. The SMILES string of the molecule is CC(C)NC(=O)c1ccc(-c2ccc(Cl)cc2)c(COc2ccc(-c3nc4cc(C(=O)O)cnc4n3C3CCCCC3)cc2)c1.Cl. The molecule has 10 heteroatoms. The Morgan fingerprint density at radius 2 is 1.65 bits per heavy atom. The standard InChI is InChI=1S/C36H35ClN4O4.ClH/c1-22(2)39-35(42)25-12-17-31(23-8-13-28(37)14-9-23)27(18-25)21-45-30-15-10-24(11-16-30)33-40-32-19-26(36(43)44)20-38-34(32)41(33)29-6-4-3-5-7-29;/h8-20,22,29H,3-7,21H2,1-2H3,(H,39,42)(H,43,44);1H. The Bertz CT molecular complexity index is 1850. The van der Waals surface area contributed by atoms with Crippen molar-refractivity contribution in [2.24, 2.45) is 0 Å². The Morgan fingerprint density at radius 3 is 2.33 bits per heavy atom. The van der Waals surface area contributed by atoms with E-state index in [-0.39, 0.29) is 42.6 Å². The average Bonchev–Trinajstić information content (AvgIpc) is 3.43. The quantitative estimate of drug-likeness (QED) is 0.164. The molecule has 0 radical (unpaired) electrons. The van der Waals surface area contributed by atoms with Gasteiger partial charge in [-0.2, -0.15) is 0 Å². The zero-order valence-corrected chi connectivity index (χ0v) is 27.3. The molecule has 0 saturated heterocycles. The fraction of sp³-hybridized carbons (Fsp3) is 0.278. The zero-order chi connectivity index (χ0) is 31.5. The fourth-order valence-electron chi connectivity index (χ4n) is 5.96. The van der Waals surface area contributed by atoms with Gasteiger partial charge in [0.2, 0.25) is 0 Å². The van der Waals surface area contributed by atoms with Gasteiger partial charge in [-0.3, -0.25) is 4.79 Å². The Labute approximate surface area is 279 Å². The van der Waals surface area contributed by atoms with Gasteiger partial charge in [-0.1, -0.05) is 49.1 Å². The first-order chi connectivity index (χ1) is 21.8. The normalized spacial score (nSPS) is 13.4. The number of imidazole rings is 1. The van der Waals surface area contributed by atoms with Crippen molar-refractivity contribution >= 4 is 47.0 Å². The fourth-order valence-corrected chi connectivity index (χ4v) is 6.09. The number of hydrogen-bond donors (Lipinski definition) is 2. The Kier molecular flexibility index (Phi) is 10.3. The molecule has 0 aliphatic heterocycles. The van der Waals surface area contributed by atoms with Crippen LogP contribution in [0.3, 0.4) is 0 Å². The number of carbonyl (C=O) groups excluding carboxylic acids is 1. The molecule has 0 bridgehead atoms. The summed E-state index contributed by atoms with van der Waals surface area (Å²) in [5, 5.41) is 13.1. The van der Waals surface area contributed by atoms with Crippen molar-refractivity contribution in [2.45, 2.75) is 64.6 Å². The molecule has 8 nitrogen and oxygen atoms in total. The van der Waals surface area contributed by atoms with E-state index in [4.69, 9.17) is 21.3 Å². The number of ether oxygens (including phenoxy) is 1. The molecule has 1 fully saturated rings. The monoisotopic (exact) mass is 658 g/mol. The highest BCUT2D eigenvalue weighted by atomic mass is 35.5. The number of aromatic nitrogens is 3. The highest BCUT2D eigenvalue weighted by Gasteiger charge is 2.24. The molecule has 2 aromatic heterocycles. The lowest BCUT2D eigenvalue weighted by Gasteiger charge is -2.25. The van der Waals surface area contributed by atoms with Gasteiger partial charge in [0.05, 0.1) is 5.56 Å². The van der Waals surface area contributed by atoms with Crippen molar-refractivity contribution in [1.82, 2.24) is 19.9 Å². The van der Waals surface area contributed by atoms with Crippen LogP contribution in [0.1, 0.15) is 78.3 Å². The number of carbonyl (C=O) groups is 2. The summed E-state index contributed by atoms with van der Waals surface area (Å²) >= 11 is 6.14. The molecule has 6 rings (SSSR count). The van der Waals surface area contributed by atoms with Gasteiger partial charge in [0.1, 0.15) is 23.7 Å². The van der Waals surface area contributed by atoms with E-state index in [1.165, 1.54) is 12.6 Å². The molecule has 1 amide bonds. The van der Waals surface area contributed by atoms with E-state index in [0.29, 0.717) is 27.5 Å². The average molecular weight is 660 g/mol. The van der Waals surface area contributed by atoms with Crippen LogP contribution in [0.2, 0.25) is 5.02 Å². The summed E-state index contributed by atoms with van der Waals surface area (Å²) in [5.41, 5.74) is 5.68. The van der Waals surface area contributed by atoms with E-state index < -0.39 is 5.97 Å². The third-order valence-corrected chi connectivity index (χ3v) is 8.42. The van der Waals surface area contributed by atoms with Crippen molar-refractivity contribution in [1.29, 1.82) is 0 Å². The third-order valence-electron chi connectivity index (χ3n) is 8.17. The molecular formula is C36H36Cl2N4O4. The Balaban J connectivity index is 0.00000417. The maximum atomic E-state index is 12.8. The lowest BCUT2D eigenvalue weighted by molar-refractivity contribution is 0.0696. The molecule has 238 valence electrons. The van der Waals surface area contributed by atoms with Crippen LogP contribution in [-0.2, 0) is 6.61 Å². The number of pyridine rings is 1. The summed E-state index contributed by atoms with van der Waals surface area (Å²) in [6, 6.07) is 22.9. The lowest BCUT2D eigenvalue weighted by atomic mass is 9.95. The van der Waals surface area contributed by atoms with E-state index in [1.807, 2.05) is 80.6 Å². The molecule has 0 spiro atoms. The van der Waals surface area contributed by atoms with Crippen LogP contribution in [-0.4, -0.2) is 37.6 Å². The number of rotatable bonds is 9. The van der Waals surface area contributed by atoms with Crippen LogP contribution >= 0.6 is 24.0 Å². The summed E-state index contributed by atoms with van der Waals surface area (Å²) in [4.78, 5) is 33.8. The maximum absolute atomic E-state index is 12.8. The molecule has 3 aromatic carbocycles. The van der Waals surface area contributed by atoms with Crippen molar-refractivity contribution in [3.63, 3.8) is 0 Å². The van der Waals surface area contributed by atoms with E-state index in [9.17, 15) is 14.7 Å². The second-order valence-electron chi connectivity index (χ2n) is 11.8. The van der Waals surface area contributed by atoms with Gasteiger partial charge in [0, 0.05) is 34.4 Å². The van der Waals surface area contributed by atoms with E-state index in [1.54, 1.807) is 6.07 Å². The summed E-state index contributed by atoms with van der Waals surface area (Å²) in [5.74, 6) is 0.283. The molecule has 0 atom stereocenters. The van der Waals surface area contributed by atoms with E-state index in [0.717, 1.165) is 53.8 Å². The number of benzene rings is 3. The number of nitrogens with one attached hydrogen (secondary N) is 1. The minimum atomic E-state index is -1.02. The predicted molar refractivity (Wildman–Crippen MR) is 183 cm³/mol. The second-order valence-corrected chi connectivity index (χ2v) is 12.2. The van der Waals surface area contributed by atoms with E-state index in [2.05, 4.69) is 14.9 Å². The number of carboxylic acids is 1. The van der Waals surface area contributed by atoms with Gasteiger partial charge >= 0.3 is 5.97 Å². The van der Waals surface area contributed by atoms with Crippen LogP contribution in [0.15, 0.2) is 79.0 Å². The van der Waals surface area contributed by atoms with Crippen LogP contribution < -0.4 is 10.1 Å². The molecule has 46 heavy (non-hydrogen) atoms. The van der Waals surface area contributed by atoms with Crippen molar-refractivity contribution in [2.75, 3.05) is 0 Å². The number of aromatic carboxylic acids is 1. The first-order valence-electron chi connectivity index (χ1n) is 15.3. The highest BCUT2D eigenvalue weighted by Crippen LogP contribution is 2.36. The number of fused-ring (bicyclic) bond motifs is 1. The van der Waals surface area contributed by atoms with Gasteiger partial charge < -0.3 is 19.7 Å². The van der Waals surface area contributed by atoms with Crippen molar-refractivity contribution in [3.05, 3.63) is 101 Å². The maximum Gasteiger partial charge on any atom is 0.337 e. The minimum absolute atomic E-state index is 0. The van der Waals surface area contributed by atoms with Gasteiger partial charge in [0.25, 0.3) is 5.91 Å². The number of amides is 1. The smallest absolute Gasteiger partial charge is 0.337 e. The molecule has 1 aliphatic carbocycles. The number of nitrogens with zero attached hydrogens (tertiary/aromatic N) is 3. The number of halogens is 2. The molecule has 1 aliphatic rings. The summed E-state index contributed by atoms with van der Waals surface area (Å²) in [7, 11) is 0. The van der Waals surface area contributed by atoms with Crippen LogP contribution in [0.25, 0.3) is 33.7 Å². The molecule has 2 N–H and O–H groups in total. The molecule has 2 heterocycles. The molecule has 5 aromatic rings. The van der Waals surface area contributed by atoms with Gasteiger partial charge in [-0.25, -0.2) is 14.8 Å². The van der Waals surface area contributed by atoms with Crippen LogP contribution in [0.5, 0.6) is 5.75 Å². The first-order valence-corrected chi connectivity index (χ1v) is 15.7. The summed E-state index contributed by atoms with van der Waals surface area (Å²) in [6.45, 7) is 4.12. The summed E-state index contributed by atoms with van der Waals surface area (Å²) in [6.07, 6.45) is 6.97. The number of carboxylic acid groups (broad SMARTS) is 1. The van der Waals surface area contributed by atoms with E-state index >= 15 is 0 Å². The van der Waals surface area contributed by atoms with Crippen molar-refractivity contribution < 1.29 is 19.4 Å². The minimum Gasteiger partial charge on any atom is -0.489 e. The molecule has 1 saturated carbocycles. The second kappa shape index (κ2) is 14.4. The van der Waals surface area contributed by atoms with Gasteiger partial charge in [0.15, 0.2) is 5.65 Å². The predicted octanol–water partition coefficient (Wildman–Crippen LogP) is 8.76.